The summed E-state index contributed by atoms with van der Waals surface area (Å²) < 4.78 is 43.3. The van der Waals surface area contributed by atoms with Gasteiger partial charge in [-0.3, -0.25) is 0 Å². The summed E-state index contributed by atoms with van der Waals surface area (Å²) in [6, 6.07) is 6.24. The number of para-hydroxylation sites is 2. The van der Waals surface area contributed by atoms with E-state index in [2.05, 4.69) is 5.32 Å². The Balaban J connectivity index is 2.03. The van der Waals surface area contributed by atoms with Gasteiger partial charge in [-0.05, 0) is 25.0 Å². The smallest absolute Gasteiger partial charge is 0.393 e. The Kier molecular flexibility index (Phi) is 4.59. The maximum absolute atomic E-state index is 12.7. The van der Waals surface area contributed by atoms with Gasteiger partial charge in [0.2, 0.25) is 0 Å². The van der Waals surface area contributed by atoms with Crippen molar-refractivity contribution < 1.29 is 22.7 Å². The van der Waals surface area contributed by atoms with Crippen LogP contribution in [0.4, 0.5) is 23.7 Å². The van der Waals surface area contributed by atoms with E-state index < -0.39 is 18.1 Å². The van der Waals surface area contributed by atoms with Gasteiger partial charge in [0.05, 0.1) is 18.7 Å². The molecule has 0 radical (unpaired) electrons. The number of anilines is 1. The van der Waals surface area contributed by atoms with Gasteiger partial charge >= 0.3 is 12.2 Å². The first-order valence-corrected chi connectivity index (χ1v) is 6.67. The Morgan fingerprint density at radius 1 is 1.38 bits per heavy atom. The van der Waals surface area contributed by atoms with Gasteiger partial charge in [0.15, 0.2) is 0 Å². The minimum Gasteiger partial charge on any atom is -0.495 e. The van der Waals surface area contributed by atoms with Crippen LogP contribution >= 0.6 is 0 Å². The van der Waals surface area contributed by atoms with E-state index in [9.17, 15) is 18.0 Å². The first kappa shape index (κ1) is 15.5. The number of alkyl halides is 3. The number of piperidine rings is 1. The topological polar surface area (TPSA) is 41.6 Å². The van der Waals surface area contributed by atoms with Crippen molar-refractivity contribution in [1.29, 1.82) is 0 Å². The van der Waals surface area contributed by atoms with Gasteiger partial charge in [-0.2, -0.15) is 13.2 Å². The first-order valence-electron chi connectivity index (χ1n) is 6.67. The van der Waals surface area contributed by atoms with E-state index in [1.807, 2.05) is 0 Å². The Hall–Kier alpha value is -1.92. The average Bonchev–Trinajstić information content (AvgIpc) is 2.47. The standard InChI is InChI=1S/C14H17F3N2O2/c1-21-12-7-3-2-6-11(12)18-13(20)19-8-4-5-10(9-19)14(15,16)17/h2-3,6-7,10H,4-5,8-9H2,1H3,(H,18,20)/t10-/m1/s1. The van der Waals surface area contributed by atoms with E-state index in [1.165, 1.54) is 12.0 Å². The quantitative estimate of drug-likeness (QED) is 0.908. The lowest BCUT2D eigenvalue weighted by Gasteiger charge is -2.33. The summed E-state index contributed by atoms with van der Waals surface area (Å²) in [5, 5.41) is 2.60. The average molecular weight is 302 g/mol. The van der Waals surface area contributed by atoms with Crippen LogP contribution in [0.15, 0.2) is 24.3 Å². The predicted molar refractivity (Wildman–Crippen MR) is 72.4 cm³/mol. The number of carbonyl (C=O) groups is 1. The molecule has 7 heteroatoms. The molecular formula is C14H17F3N2O2. The number of hydrogen-bond donors (Lipinski definition) is 1. The zero-order valence-corrected chi connectivity index (χ0v) is 11.6. The molecule has 1 N–H and O–H groups in total. The first-order chi connectivity index (χ1) is 9.91. The van der Waals surface area contributed by atoms with Gasteiger partial charge in [0.25, 0.3) is 0 Å². The highest BCUT2D eigenvalue weighted by Crippen LogP contribution is 2.33. The largest absolute Gasteiger partial charge is 0.495 e. The zero-order valence-electron chi connectivity index (χ0n) is 11.6. The number of halogens is 3. The molecule has 1 aliphatic rings. The fourth-order valence-electron chi connectivity index (χ4n) is 2.37. The number of benzene rings is 1. The van der Waals surface area contributed by atoms with E-state index in [1.54, 1.807) is 24.3 Å². The van der Waals surface area contributed by atoms with Crippen molar-refractivity contribution in [3.8, 4) is 5.75 Å². The molecule has 0 saturated carbocycles. The molecule has 0 unspecified atom stereocenters. The highest BCUT2D eigenvalue weighted by molar-refractivity contribution is 5.91. The van der Waals surface area contributed by atoms with E-state index in [0.29, 0.717) is 24.4 Å². The Morgan fingerprint density at radius 3 is 2.76 bits per heavy atom. The van der Waals surface area contributed by atoms with Gasteiger partial charge in [0, 0.05) is 13.1 Å². The second kappa shape index (κ2) is 6.24. The summed E-state index contributed by atoms with van der Waals surface area (Å²) in [5.74, 6) is -0.982. The van der Waals surface area contributed by atoms with Crippen molar-refractivity contribution in [2.24, 2.45) is 5.92 Å². The highest BCUT2D eigenvalue weighted by Gasteiger charge is 2.42. The van der Waals surface area contributed by atoms with Crippen LogP contribution < -0.4 is 10.1 Å². The molecule has 0 spiro atoms. The van der Waals surface area contributed by atoms with Crippen molar-refractivity contribution in [2.75, 3.05) is 25.5 Å². The molecule has 0 bridgehead atoms. The number of likely N-dealkylation sites (tertiary alicyclic amines) is 1. The molecule has 21 heavy (non-hydrogen) atoms. The van der Waals surface area contributed by atoms with E-state index in [4.69, 9.17) is 4.74 Å². The molecule has 1 heterocycles. The summed E-state index contributed by atoms with van der Waals surface area (Å²) >= 11 is 0. The normalized spacial score (nSPS) is 19.2. The SMILES string of the molecule is COc1ccccc1NC(=O)N1CCC[C@@H](C(F)(F)F)C1. The molecule has 1 fully saturated rings. The van der Waals surface area contributed by atoms with Crippen molar-refractivity contribution in [3.63, 3.8) is 0 Å². The van der Waals surface area contributed by atoms with E-state index in [-0.39, 0.29) is 13.0 Å². The minimum atomic E-state index is -4.26. The third kappa shape index (κ3) is 3.80. The second-order valence-corrected chi connectivity index (χ2v) is 4.96. The number of amides is 2. The van der Waals surface area contributed by atoms with Crippen LogP contribution in [-0.2, 0) is 0 Å². The fraction of sp³-hybridized carbons (Fsp3) is 0.500. The lowest BCUT2D eigenvalue weighted by molar-refractivity contribution is -0.183. The monoisotopic (exact) mass is 302 g/mol. The molecule has 2 amide bonds. The Bertz CT molecular complexity index is 505. The lowest BCUT2D eigenvalue weighted by Crippen LogP contribution is -2.46. The van der Waals surface area contributed by atoms with Crippen LogP contribution in [0.2, 0.25) is 0 Å². The number of rotatable bonds is 2. The van der Waals surface area contributed by atoms with Crippen molar-refractivity contribution in [1.82, 2.24) is 4.90 Å². The van der Waals surface area contributed by atoms with Crippen molar-refractivity contribution in [2.45, 2.75) is 19.0 Å². The van der Waals surface area contributed by atoms with Crippen LogP contribution in [0.5, 0.6) is 5.75 Å². The number of ether oxygens (including phenoxy) is 1. The number of hydrogen-bond acceptors (Lipinski definition) is 2. The molecule has 0 aliphatic carbocycles. The molecular weight excluding hydrogens is 285 g/mol. The lowest BCUT2D eigenvalue weighted by atomic mass is 9.98. The maximum Gasteiger partial charge on any atom is 0.393 e. The predicted octanol–water partition coefficient (Wildman–Crippen LogP) is 3.50. The molecule has 0 aromatic heterocycles. The van der Waals surface area contributed by atoms with Crippen LogP contribution in [0.1, 0.15) is 12.8 Å². The molecule has 1 saturated heterocycles. The van der Waals surface area contributed by atoms with Gasteiger partial charge in [-0.1, -0.05) is 12.1 Å². The van der Waals surface area contributed by atoms with Gasteiger partial charge in [0.1, 0.15) is 5.75 Å². The summed E-state index contributed by atoms with van der Waals surface area (Å²) in [4.78, 5) is 13.3. The number of nitrogens with zero attached hydrogens (tertiary/aromatic N) is 1. The number of nitrogens with one attached hydrogen (secondary N) is 1. The summed E-state index contributed by atoms with van der Waals surface area (Å²) in [6.45, 7) is 0.0258. The minimum absolute atomic E-state index is 0.0714. The number of methoxy groups -OCH3 is 1. The Labute approximate surface area is 120 Å². The van der Waals surface area contributed by atoms with Gasteiger partial charge in [-0.25, -0.2) is 4.79 Å². The molecule has 116 valence electrons. The molecule has 1 atom stereocenters. The van der Waals surface area contributed by atoms with E-state index >= 15 is 0 Å². The van der Waals surface area contributed by atoms with Crippen molar-refractivity contribution >= 4 is 11.7 Å². The summed E-state index contributed by atoms with van der Waals surface area (Å²) in [5.41, 5.74) is 0.444. The van der Waals surface area contributed by atoms with Crippen LogP contribution in [-0.4, -0.2) is 37.3 Å². The van der Waals surface area contributed by atoms with Crippen LogP contribution in [0.3, 0.4) is 0 Å². The van der Waals surface area contributed by atoms with Gasteiger partial charge < -0.3 is 15.0 Å². The van der Waals surface area contributed by atoms with Crippen LogP contribution in [0, 0.1) is 5.92 Å². The van der Waals surface area contributed by atoms with E-state index in [0.717, 1.165) is 0 Å². The number of carbonyl (C=O) groups excluding carboxylic acids is 1. The zero-order chi connectivity index (χ0) is 15.5. The molecule has 1 aromatic carbocycles. The number of urea groups is 1. The Morgan fingerprint density at radius 2 is 2.10 bits per heavy atom. The second-order valence-electron chi connectivity index (χ2n) is 4.96. The fourth-order valence-corrected chi connectivity index (χ4v) is 2.37. The molecule has 1 aliphatic heterocycles. The van der Waals surface area contributed by atoms with Crippen LogP contribution in [0.25, 0.3) is 0 Å². The maximum atomic E-state index is 12.7. The van der Waals surface area contributed by atoms with Crippen molar-refractivity contribution in [3.05, 3.63) is 24.3 Å². The molecule has 4 nitrogen and oxygen atoms in total. The highest BCUT2D eigenvalue weighted by atomic mass is 19.4. The summed E-state index contributed by atoms with van der Waals surface area (Å²) in [7, 11) is 1.46. The molecule has 1 aromatic rings. The molecule has 2 rings (SSSR count). The third-order valence-corrected chi connectivity index (χ3v) is 3.52. The van der Waals surface area contributed by atoms with Gasteiger partial charge in [-0.15, -0.1) is 0 Å². The third-order valence-electron chi connectivity index (χ3n) is 3.52. The summed E-state index contributed by atoms with van der Waals surface area (Å²) in [6.07, 6.45) is -3.84.